The molecule has 0 aromatic heterocycles. The van der Waals surface area contributed by atoms with Gasteiger partial charge in [0.1, 0.15) is 5.82 Å². The zero-order valence-corrected chi connectivity index (χ0v) is 8.82. The van der Waals surface area contributed by atoms with Crippen LogP contribution in [0, 0.1) is 37.9 Å². The Balaban J connectivity index is 3.19. The van der Waals surface area contributed by atoms with E-state index in [1.54, 1.807) is 6.92 Å². The maximum Gasteiger partial charge on any atom is 0.129 e. The van der Waals surface area contributed by atoms with Gasteiger partial charge in [0, 0.05) is 6.42 Å². The average molecular weight is 191 g/mol. The van der Waals surface area contributed by atoms with E-state index in [1.165, 1.54) is 0 Å². The molecule has 0 aliphatic carbocycles. The first-order chi connectivity index (χ1) is 6.57. The third-order valence-corrected chi connectivity index (χ3v) is 2.58. The molecule has 1 rings (SSSR count). The number of nitrogens with zero attached hydrogens (tertiary/aromatic N) is 1. The Morgan fingerprint density at radius 1 is 1.29 bits per heavy atom. The van der Waals surface area contributed by atoms with Crippen molar-refractivity contribution in [3.05, 3.63) is 34.1 Å². The second-order valence-corrected chi connectivity index (χ2v) is 3.59. The van der Waals surface area contributed by atoms with Crippen molar-refractivity contribution >= 4 is 0 Å². The molecule has 0 N–H and O–H groups in total. The van der Waals surface area contributed by atoms with Crippen LogP contribution in [0.5, 0.6) is 0 Å². The van der Waals surface area contributed by atoms with Crippen LogP contribution in [0.3, 0.4) is 0 Å². The van der Waals surface area contributed by atoms with Gasteiger partial charge in [0.15, 0.2) is 0 Å². The van der Waals surface area contributed by atoms with Gasteiger partial charge in [-0.2, -0.15) is 5.26 Å². The molecule has 0 atom stereocenters. The molecular formula is C12H14FN. The molecule has 1 nitrogen and oxygen atoms in total. The minimum Gasteiger partial charge on any atom is -0.206 e. The number of aryl methyl sites for hydroxylation is 2. The van der Waals surface area contributed by atoms with E-state index in [0.717, 1.165) is 11.1 Å². The van der Waals surface area contributed by atoms with Crippen LogP contribution in [0.4, 0.5) is 4.39 Å². The predicted molar refractivity (Wildman–Crippen MR) is 54.5 cm³/mol. The maximum atomic E-state index is 13.7. The molecule has 0 amide bonds. The fourth-order valence-corrected chi connectivity index (χ4v) is 1.62. The van der Waals surface area contributed by atoms with Gasteiger partial charge in [0.2, 0.25) is 0 Å². The molecule has 1 aromatic rings. The van der Waals surface area contributed by atoms with Crippen LogP contribution in [0.1, 0.15) is 28.7 Å². The van der Waals surface area contributed by atoms with Crippen LogP contribution in [-0.2, 0) is 6.42 Å². The molecule has 0 bridgehead atoms. The fourth-order valence-electron chi connectivity index (χ4n) is 1.62. The zero-order chi connectivity index (χ0) is 10.7. The first kappa shape index (κ1) is 10.7. The second kappa shape index (κ2) is 4.23. The van der Waals surface area contributed by atoms with Gasteiger partial charge in [-0.15, -0.1) is 0 Å². The van der Waals surface area contributed by atoms with E-state index in [9.17, 15) is 4.39 Å². The van der Waals surface area contributed by atoms with Crippen molar-refractivity contribution in [2.75, 3.05) is 0 Å². The van der Waals surface area contributed by atoms with Gasteiger partial charge in [-0.25, -0.2) is 4.39 Å². The lowest BCUT2D eigenvalue weighted by molar-refractivity contribution is 0.598. The minimum absolute atomic E-state index is 0.150. The maximum absolute atomic E-state index is 13.7. The summed E-state index contributed by atoms with van der Waals surface area (Å²) in [5, 5.41) is 8.48. The number of benzene rings is 1. The van der Waals surface area contributed by atoms with E-state index < -0.39 is 0 Å². The number of rotatable bonds is 2. The Morgan fingerprint density at radius 2 is 1.93 bits per heavy atom. The highest BCUT2D eigenvalue weighted by molar-refractivity contribution is 5.39. The number of hydrogen-bond donors (Lipinski definition) is 0. The smallest absolute Gasteiger partial charge is 0.129 e. The summed E-state index contributed by atoms with van der Waals surface area (Å²) in [5.74, 6) is -0.150. The molecule has 0 aliphatic heterocycles. The predicted octanol–water partition coefficient (Wildman–Crippen LogP) is 3.21. The lowest BCUT2D eigenvalue weighted by Gasteiger charge is -2.11. The summed E-state index contributed by atoms with van der Waals surface area (Å²) in [6, 6.07) is 3.89. The normalized spacial score (nSPS) is 9.93. The van der Waals surface area contributed by atoms with E-state index in [0.29, 0.717) is 24.0 Å². The van der Waals surface area contributed by atoms with E-state index in [-0.39, 0.29) is 5.82 Å². The minimum atomic E-state index is -0.150. The monoisotopic (exact) mass is 191 g/mol. The van der Waals surface area contributed by atoms with E-state index >= 15 is 0 Å². The van der Waals surface area contributed by atoms with Crippen molar-refractivity contribution in [2.45, 2.75) is 33.6 Å². The molecule has 0 aliphatic rings. The standard InChI is InChI=1S/C12H14FN/c1-8-7-9(2)12(13)11(10(8)3)5-4-6-14/h7H,4-5H2,1-3H3. The Morgan fingerprint density at radius 3 is 2.50 bits per heavy atom. The Bertz CT molecular complexity index is 362. The highest BCUT2D eigenvalue weighted by atomic mass is 19.1. The first-order valence-corrected chi connectivity index (χ1v) is 4.70. The van der Waals surface area contributed by atoms with Gasteiger partial charge < -0.3 is 0 Å². The molecule has 0 saturated heterocycles. The molecule has 0 spiro atoms. The molecule has 0 heterocycles. The summed E-state index contributed by atoms with van der Waals surface area (Å²) in [5.41, 5.74) is 3.44. The summed E-state index contributed by atoms with van der Waals surface area (Å²) in [6.45, 7) is 5.64. The summed E-state index contributed by atoms with van der Waals surface area (Å²) < 4.78 is 13.7. The second-order valence-electron chi connectivity index (χ2n) is 3.59. The quantitative estimate of drug-likeness (QED) is 0.704. The van der Waals surface area contributed by atoms with Crippen molar-refractivity contribution < 1.29 is 4.39 Å². The molecule has 0 unspecified atom stereocenters. The van der Waals surface area contributed by atoms with Crippen molar-refractivity contribution in [3.63, 3.8) is 0 Å². The fraction of sp³-hybridized carbons (Fsp3) is 0.417. The van der Waals surface area contributed by atoms with Gasteiger partial charge in [-0.1, -0.05) is 6.07 Å². The van der Waals surface area contributed by atoms with Crippen LogP contribution < -0.4 is 0 Å². The van der Waals surface area contributed by atoms with Crippen molar-refractivity contribution in [2.24, 2.45) is 0 Å². The Kier molecular flexibility index (Phi) is 3.24. The SMILES string of the molecule is Cc1cc(C)c(F)c(CCC#N)c1C. The molecule has 0 fully saturated rings. The van der Waals surface area contributed by atoms with Crippen LogP contribution in [0.25, 0.3) is 0 Å². The summed E-state index contributed by atoms with van der Waals surface area (Å²) in [7, 11) is 0. The van der Waals surface area contributed by atoms with Gasteiger partial charge in [-0.05, 0) is 49.4 Å². The highest BCUT2D eigenvalue weighted by Crippen LogP contribution is 2.21. The summed E-state index contributed by atoms with van der Waals surface area (Å²) in [4.78, 5) is 0. The molecule has 74 valence electrons. The van der Waals surface area contributed by atoms with Crippen LogP contribution in [0.2, 0.25) is 0 Å². The van der Waals surface area contributed by atoms with Crippen molar-refractivity contribution in [1.29, 1.82) is 5.26 Å². The average Bonchev–Trinajstić information content (AvgIpc) is 2.15. The number of hydrogen-bond acceptors (Lipinski definition) is 1. The Labute approximate surface area is 84.2 Å². The van der Waals surface area contributed by atoms with Gasteiger partial charge in [-0.3, -0.25) is 0 Å². The number of halogens is 1. The Hall–Kier alpha value is -1.36. The van der Waals surface area contributed by atoms with Gasteiger partial charge >= 0.3 is 0 Å². The lowest BCUT2D eigenvalue weighted by atomic mass is 9.96. The van der Waals surface area contributed by atoms with E-state index in [4.69, 9.17) is 5.26 Å². The molecule has 14 heavy (non-hydrogen) atoms. The largest absolute Gasteiger partial charge is 0.206 e. The van der Waals surface area contributed by atoms with E-state index in [1.807, 2.05) is 26.0 Å². The van der Waals surface area contributed by atoms with Gasteiger partial charge in [0.05, 0.1) is 6.07 Å². The van der Waals surface area contributed by atoms with Crippen LogP contribution in [-0.4, -0.2) is 0 Å². The van der Waals surface area contributed by atoms with Crippen LogP contribution in [0.15, 0.2) is 6.07 Å². The van der Waals surface area contributed by atoms with Crippen LogP contribution >= 0.6 is 0 Å². The van der Waals surface area contributed by atoms with E-state index in [2.05, 4.69) is 0 Å². The first-order valence-electron chi connectivity index (χ1n) is 4.70. The highest BCUT2D eigenvalue weighted by Gasteiger charge is 2.10. The molecule has 0 saturated carbocycles. The third kappa shape index (κ3) is 1.93. The zero-order valence-electron chi connectivity index (χ0n) is 8.82. The third-order valence-electron chi connectivity index (χ3n) is 2.58. The van der Waals surface area contributed by atoms with Gasteiger partial charge in [0.25, 0.3) is 0 Å². The molecular weight excluding hydrogens is 177 g/mol. The summed E-state index contributed by atoms with van der Waals surface area (Å²) in [6.07, 6.45) is 0.886. The summed E-state index contributed by atoms with van der Waals surface area (Å²) >= 11 is 0. The van der Waals surface area contributed by atoms with Crippen molar-refractivity contribution in [3.8, 4) is 6.07 Å². The van der Waals surface area contributed by atoms with Crippen molar-refractivity contribution in [1.82, 2.24) is 0 Å². The lowest BCUT2D eigenvalue weighted by Crippen LogP contribution is -2.00. The molecule has 0 radical (unpaired) electrons. The number of nitriles is 1. The molecule has 1 aromatic carbocycles. The molecule has 2 heteroatoms. The topological polar surface area (TPSA) is 23.8 Å².